The van der Waals surface area contributed by atoms with Gasteiger partial charge < -0.3 is 5.32 Å². The Hall–Kier alpha value is -0.860. The molecule has 1 unspecified atom stereocenters. The molecule has 0 aromatic heterocycles. The third-order valence-corrected chi connectivity index (χ3v) is 4.75. The first kappa shape index (κ1) is 13.1. The fourth-order valence-electron chi connectivity index (χ4n) is 3.64. The third-order valence-electron chi connectivity index (χ3n) is 4.75. The monoisotopic (exact) mass is 258 g/mol. The Morgan fingerprint density at radius 1 is 0.947 bits per heavy atom. The van der Waals surface area contributed by atoms with Crippen molar-refractivity contribution in [2.45, 2.75) is 50.6 Å². The molecule has 2 nitrogen and oxygen atoms in total. The summed E-state index contributed by atoms with van der Waals surface area (Å²) in [6.07, 6.45) is 8.60. The minimum Gasteiger partial charge on any atom is -0.308 e. The fourth-order valence-corrected chi connectivity index (χ4v) is 3.64. The summed E-state index contributed by atoms with van der Waals surface area (Å²) in [5.41, 5.74) is 1.45. The maximum absolute atomic E-state index is 3.68. The molecule has 2 fully saturated rings. The smallest absolute Gasteiger partial charge is 0.0449 e. The van der Waals surface area contributed by atoms with Crippen molar-refractivity contribution in [3.8, 4) is 0 Å². The lowest BCUT2D eigenvalue weighted by atomic mass is 10.0. The Labute approximate surface area is 117 Å². The van der Waals surface area contributed by atoms with E-state index in [9.17, 15) is 0 Å². The molecule has 3 rings (SSSR count). The highest BCUT2D eigenvalue weighted by atomic mass is 15.2. The highest BCUT2D eigenvalue weighted by Crippen LogP contribution is 2.25. The second-order valence-corrected chi connectivity index (χ2v) is 6.06. The molecule has 19 heavy (non-hydrogen) atoms. The molecule has 0 radical (unpaired) electrons. The molecule has 1 atom stereocenters. The van der Waals surface area contributed by atoms with Crippen molar-refractivity contribution in [1.82, 2.24) is 10.2 Å². The van der Waals surface area contributed by atoms with Gasteiger partial charge in [0.25, 0.3) is 0 Å². The summed E-state index contributed by atoms with van der Waals surface area (Å²) in [6.45, 7) is 3.55. The van der Waals surface area contributed by atoms with Gasteiger partial charge in [-0.1, -0.05) is 56.0 Å². The van der Waals surface area contributed by atoms with E-state index in [1.165, 1.54) is 57.2 Å². The van der Waals surface area contributed by atoms with Gasteiger partial charge in [-0.25, -0.2) is 0 Å². The predicted molar refractivity (Wildman–Crippen MR) is 80.2 cm³/mol. The third kappa shape index (κ3) is 3.37. The second-order valence-electron chi connectivity index (χ2n) is 6.06. The van der Waals surface area contributed by atoms with E-state index in [0.29, 0.717) is 6.04 Å². The first-order chi connectivity index (χ1) is 9.43. The normalized spacial score (nSPS) is 27.1. The van der Waals surface area contributed by atoms with Gasteiger partial charge in [0.2, 0.25) is 0 Å². The zero-order valence-corrected chi connectivity index (χ0v) is 11.9. The summed E-state index contributed by atoms with van der Waals surface area (Å²) in [4.78, 5) is 2.75. The molecule has 1 aliphatic heterocycles. The van der Waals surface area contributed by atoms with E-state index >= 15 is 0 Å². The van der Waals surface area contributed by atoms with Crippen LogP contribution in [0.2, 0.25) is 0 Å². The van der Waals surface area contributed by atoms with Crippen molar-refractivity contribution in [2.24, 2.45) is 0 Å². The summed E-state index contributed by atoms with van der Waals surface area (Å²) in [5.74, 6) is 0. The van der Waals surface area contributed by atoms with E-state index < -0.39 is 0 Å². The van der Waals surface area contributed by atoms with Crippen LogP contribution in [0.25, 0.3) is 0 Å². The van der Waals surface area contributed by atoms with Gasteiger partial charge in [-0.2, -0.15) is 0 Å². The van der Waals surface area contributed by atoms with Crippen LogP contribution < -0.4 is 5.32 Å². The molecule has 1 heterocycles. The summed E-state index contributed by atoms with van der Waals surface area (Å²) in [6, 6.07) is 12.3. The van der Waals surface area contributed by atoms with Gasteiger partial charge in [-0.15, -0.1) is 0 Å². The average molecular weight is 258 g/mol. The number of hydrogen-bond donors (Lipinski definition) is 1. The summed E-state index contributed by atoms with van der Waals surface area (Å²) in [5, 5.41) is 3.68. The molecule has 2 heteroatoms. The lowest BCUT2D eigenvalue weighted by Crippen LogP contribution is -2.49. The summed E-state index contributed by atoms with van der Waals surface area (Å²) in [7, 11) is 0. The van der Waals surface area contributed by atoms with E-state index in [2.05, 4.69) is 40.5 Å². The maximum atomic E-state index is 3.68. The van der Waals surface area contributed by atoms with Crippen LogP contribution in [0.15, 0.2) is 30.3 Å². The van der Waals surface area contributed by atoms with Crippen molar-refractivity contribution in [3.05, 3.63) is 35.9 Å². The van der Waals surface area contributed by atoms with Crippen LogP contribution in [0.1, 0.15) is 50.1 Å². The Morgan fingerprint density at radius 2 is 1.68 bits per heavy atom. The van der Waals surface area contributed by atoms with E-state index in [1.807, 2.05) is 0 Å². The number of rotatable bonds is 2. The summed E-state index contributed by atoms with van der Waals surface area (Å²) < 4.78 is 0. The van der Waals surface area contributed by atoms with Crippen LogP contribution in [0.3, 0.4) is 0 Å². The fraction of sp³-hybridized carbons (Fsp3) is 0.647. The SMILES string of the molecule is c1ccc(C2CN(C3CCCCCC3)CCN2)cc1. The van der Waals surface area contributed by atoms with E-state index in [4.69, 9.17) is 0 Å². The van der Waals surface area contributed by atoms with Crippen molar-refractivity contribution in [3.63, 3.8) is 0 Å². The van der Waals surface area contributed by atoms with Crippen LogP contribution in [0.5, 0.6) is 0 Å². The quantitative estimate of drug-likeness (QED) is 0.818. The molecule has 1 N–H and O–H groups in total. The van der Waals surface area contributed by atoms with Crippen molar-refractivity contribution < 1.29 is 0 Å². The van der Waals surface area contributed by atoms with Crippen molar-refractivity contribution in [1.29, 1.82) is 0 Å². The van der Waals surface area contributed by atoms with Crippen LogP contribution in [-0.2, 0) is 0 Å². The molecule has 1 saturated heterocycles. The molecule has 1 saturated carbocycles. The van der Waals surface area contributed by atoms with Crippen LogP contribution in [0, 0.1) is 0 Å². The zero-order valence-electron chi connectivity index (χ0n) is 11.9. The largest absolute Gasteiger partial charge is 0.308 e. The van der Waals surface area contributed by atoms with Crippen molar-refractivity contribution >= 4 is 0 Å². The zero-order chi connectivity index (χ0) is 12.9. The molecule has 104 valence electrons. The van der Waals surface area contributed by atoms with Gasteiger partial charge in [0.15, 0.2) is 0 Å². The Kier molecular flexibility index (Phi) is 4.52. The Bertz CT molecular complexity index is 368. The van der Waals surface area contributed by atoms with Gasteiger partial charge in [-0.3, -0.25) is 4.90 Å². The van der Waals surface area contributed by atoms with Gasteiger partial charge in [0.1, 0.15) is 0 Å². The molecule has 1 aromatic carbocycles. The number of nitrogens with one attached hydrogen (secondary N) is 1. The standard InChI is InChI=1S/C17H26N2/c1-2-7-11-16(10-6-1)19-13-12-18-17(14-19)15-8-4-3-5-9-15/h3-5,8-9,16-18H,1-2,6-7,10-14H2. The highest BCUT2D eigenvalue weighted by molar-refractivity contribution is 5.19. The lowest BCUT2D eigenvalue weighted by Gasteiger charge is -2.39. The van der Waals surface area contributed by atoms with E-state index in [-0.39, 0.29) is 0 Å². The molecule has 1 aliphatic carbocycles. The number of nitrogens with zero attached hydrogens (tertiary/aromatic N) is 1. The number of benzene rings is 1. The van der Waals surface area contributed by atoms with Gasteiger partial charge in [0.05, 0.1) is 0 Å². The first-order valence-electron chi connectivity index (χ1n) is 7.96. The number of piperazine rings is 1. The predicted octanol–water partition coefficient (Wildman–Crippen LogP) is 3.36. The molecule has 2 aliphatic rings. The summed E-state index contributed by atoms with van der Waals surface area (Å²) >= 11 is 0. The molecule has 1 aromatic rings. The van der Waals surface area contributed by atoms with Gasteiger partial charge >= 0.3 is 0 Å². The second kappa shape index (κ2) is 6.53. The molecular formula is C17H26N2. The molecule has 0 amide bonds. The first-order valence-corrected chi connectivity index (χ1v) is 7.96. The van der Waals surface area contributed by atoms with E-state index in [0.717, 1.165) is 12.6 Å². The minimum atomic E-state index is 0.526. The van der Waals surface area contributed by atoms with Crippen LogP contribution in [0.4, 0.5) is 0 Å². The molecule has 0 spiro atoms. The number of hydrogen-bond acceptors (Lipinski definition) is 2. The van der Waals surface area contributed by atoms with Crippen LogP contribution >= 0.6 is 0 Å². The average Bonchev–Trinajstić information content (AvgIpc) is 2.77. The highest BCUT2D eigenvalue weighted by Gasteiger charge is 2.26. The van der Waals surface area contributed by atoms with E-state index in [1.54, 1.807) is 0 Å². The minimum absolute atomic E-state index is 0.526. The lowest BCUT2D eigenvalue weighted by molar-refractivity contribution is 0.131. The van der Waals surface area contributed by atoms with Crippen molar-refractivity contribution in [2.75, 3.05) is 19.6 Å². The molecular weight excluding hydrogens is 232 g/mol. The maximum Gasteiger partial charge on any atom is 0.0449 e. The Balaban J connectivity index is 1.64. The van der Waals surface area contributed by atoms with Gasteiger partial charge in [-0.05, 0) is 18.4 Å². The topological polar surface area (TPSA) is 15.3 Å². The van der Waals surface area contributed by atoms with Crippen LogP contribution in [-0.4, -0.2) is 30.6 Å². The Morgan fingerprint density at radius 3 is 2.42 bits per heavy atom. The molecule has 0 bridgehead atoms. The van der Waals surface area contributed by atoms with Gasteiger partial charge in [0, 0.05) is 31.7 Å².